The van der Waals surface area contributed by atoms with E-state index >= 15 is 0 Å². The maximum atomic E-state index is 12.9. The van der Waals surface area contributed by atoms with Crippen LogP contribution in [0.15, 0.2) is 18.2 Å². The van der Waals surface area contributed by atoms with E-state index in [-0.39, 0.29) is 29.9 Å². The van der Waals surface area contributed by atoms with Gasteiger partial charge in [0.15, 0.2) is 6.61 Å². The molecule has 19 heavy (non-hydrogen) atoms. The van der Waals surface area contributed by atoms with Crippen molar-refractivity contribution in [3.63, 3.8) is 0 Å². The monoisotopic (exact) mass is 269 g/mol. The second-order valence-corrected chi connectivity index (χ2v) is 4.33. The highest BCUT2D eigenvalue weighted by molar-refractivity contribution is 5.91. The van der Waals surface area contributed by atoms with Gasteiger partial charge in [0, 0.05) is 13.1 Å². The van der Waals surface area contributed by atoms with Gasteiger partial charge in [0.25, 0.3) is 5.91 Å². The molecular formula is C13H16FNO4. The average molecular weight is 269 g/mol. The number of carboxylic acid groups (broad SMARTS) is 1. The van der Waals surface area contributed by atoms with Crippen molar-refractivity contribution < 1.29 is 23.8 Å². The number of ether oxygens (including phenoxy) is 1. The molecule has 1 aromatic rings. The molecule has 0 aliphatic carbocycles. The number of carbonyl (C=O) groups excluding carboxylic acids is 1. The molecule has 0 saturated heterocycles. The highest BCUT2D eigenvalue weighted by Gasteiger charge is 2.16. The van der Waals surface area contributed by atoms with E-state index in [0.717, 1.165) is 12.1 Å². The Bertz CT molecular complexity index is 488. The van der Waals surface area contributed by atoms with Crippen molar-refractivity contribution in [3.05, 3.63) is 29.6 Å². The van der Waals surface area contributed by atoms with Gasteiger partial charge < -0.3 is 14.7 Å². The Morgan fingerprint density at radius 2 is 2.05 bits per heavy atom. The van der Waals surface area contributed by atoms with E-state index in [1.807, 2.05) is 13.8 Å². The standard InChI is InChI=1S/C13H16FNO4/c1-8(2)15(3)12(16)7-19-11-5-4-9(14)6-10(11)13(17)18/h4-6,8H,7H2,1-3H3,(H,17,18). The van der Waals surface area contributed by atoms with Crippen LogP contribution in [0.3, 0.4) is 0 Å². The van der Waals surface area contributed by atoms with Gasteiger partial charge in [0.2, 0.25) is 0 Å². The third-order valence-electron chi connectivity index (χ3n) is 2.69. The second kappa shape index (κ2) is 6.17. The Morgan fingerprint density at radius 1 is 1.42 bits per heavy atom. The summed E-state index contributed by atoms with van der Waals surface area (Å²) in [6, 6.07) is 3.15. The number of aromatic carboxylic acids is 1. The summed E-state index contributed by atoms with van der Waals surface area (Å²) in [5.74, 6) is -2.29. The first-order valence-electron chi connectivity index (χ1n) is 5.74. The molecular weight excluding hydrogens is 253 g/mol. The molecule has 1 aromatic carbocycles. The summed E-state index contributed by atoms with van der Waals surface area (Å²) in [4.78, 5) is 24.1. The molecule has 0 unspecified atom stereocenters. The molecule has 6 heteroatoms. The number of carbonyl (C=O) groups is 2. The fourth-order valence-electron chi connectivity index (χ4n) is 1.32. The lowest BCUT2D eigenvalue weighted by molar-refractivity contribution is -0.133. The van der Waals surface area contributed by atoms with E-state index in [2.05, 4.69) is 0 Å². The molecule has 1 amide bonds. The van der Waals surface area contributed by atoms with Crippen molar-refractivity contribution in [2.45, 2.75) is 19.9 Å². The summed E-state index contributed by atoms with van der Waals surface area (Å²) in [5, 5.41) is 8.91. The Balaban J connectivity index is 2.78. The minimum absolute atomic E-state index is 0.0169. The van der Waals surface area contributed by atoms with Gasteiger partial charge in [0.05, 0.1) is 0 Å². The summed E-state index contributed by atoms with van der Waals surface area (Å²) in [6.07, 6.45) is 0. The normalized spacial score (nSPS) is 10.4. The van der Waals surface area contributed by atoms with E-state index in [0.29, 0.717) is 0 Å². The number of nitrogens with zero attached hydrogens (tertiary/aromatic N) is 1. The van der Waals surface area contributed by atoms with E-state index in [1.54, 1.807) is 7.05 Å². The zero-order chi connectivity index (χ0) is 14.6. The van der Waals surface area contributed by atoms with Gasteiger partial charge in [-0.1, -0.05) is 0 Å². The molecule has 0 heterocycles. The van der Waals surface area contributed by atoms with Crippen molar-refractivity contribution in [3.8, 4) is 5.75 Å². The number of hydrogen-bond acceptors (Lipinski definition) is 3. The highest BCUT2D eigenvalue weighted by Crippen LogP contribution is 2.19. The van der Waals surface area contributed by atoms with Crippen molar-refractivity contribution in [1.29, 1.82) is 0 Å². The molecule has 5 nitrogen and oxygen atoms in total. The van der Waals surface area contributed by atoms with Crippen LogP contribution in [0.5, 0.6) is 5.75 Å². The first-order chi connectivity index (χ1) is 8.82. The first kappa shape index (κ1) is 14.9. The van der Waals surface area contributed by atoms with Crippen molar-refractivity contribution in [2.24, 2.45) is 0 Å². The molecule has 0 spiro atoms. The van der Waals surface area contributed by atoms with Gasteiger partial charge in [-0.05, 0) is 32.0 Å². The van der Waals surface area contributed by atoms with Crippen LogP contribution in [0.2, 0.25) is 0 Å². The third kappa shape index (κ3) is 3.94. The first-order valence-corrected chi connectivity index (χ1v) is 5.74. The molecule has 0 bridgehead atoms. The lowest BCUT2D eigenvalue weighted by Crippen LogP contribution is -2.36. The van der Waals surface area contributed by atoms with Gasteiger partial charge in [-0.3, -0.25) is 4.79 Å². The quantitative estimate of drug-likeness (QED) is 0.884. The van der Waals surface area contributed by atoms with Crippen molar-refractivity contribution in [1.82, 2.24) is 4.90 Å². The highest BCUT2D eigenvalue weighted by atomic mass is 19.1. The molecule has 0 aromatic heterocycles. The summed E-state index contributed by atoms with van der Waals surface area (Å²) in [7, 11) is 1.62. The van der Waals surface area contributed by atoms with Crippen LogP contribution < -0.4 is 4.74 Å². The van der Waals surface area contributed by atoms with Crippen LogP contribution in [-0.2, 0) is 4.79 Å². The number of amides is 1. The summed E-state index contributed by atoms with van der Waals surface area (Å²) < 4.78 is 18.1. The predicted molar refractivity (Wildman–Crippen MR) is 66.8 cm³/mol. The number of hydrogen-bond donors (Lipinski definition) is 1. The fourth-order valence-corrected chi connectivity index (χ4v) is 1.32. The largest absolute Gasteiger partial charge is 0.483 e. The zero-order valence-electron chi connectivity index (χ0n) is 11.0. The molecule has 0 saturated carbocycles. The smallest absolute Gasteiger partial charge is 0.339 e. The Morgan fingerprint density at radius 3 is 2.58 bits per heavy atom. The van der Waals surface area contributed by atoms with Gasteiger partial charge in [-0.15, -0.1) is 0 Å². The molecule has 104 valence electrons. The van der Waals surface area contributed by atoms with Crippen LogP contribution in [0.25, 0.3) is 0 Å². The van der Waals surface area contributed by atoms with E-state index < -0.39 is 11.8 Å². The SMILES string of the molecule is CC(C)N(C)C(=O)COc1ccc(F)cc1C(=O)O. The number of halogens is 1. The van der Waals surface area contributed by atoms with Gasteiger partial charge in [-0.25, -0.2) is 9.18 Å². The molecule has 1 N–H and O–H groups in total. The number of rotatable bonds is 5. The van der Waals surface area contributed by atoms with Crippen molar-refractivity contribution >= 4 is 11.9 Å². The third-order valence-corrected chi connectivity index (χ3v) is 2.69. The molecule has 1 rings (SSSR count). The lowest BCUT2D eigenvalue weighted by Gasteiger charge is -2.21. The van der Waals surface area contributed by atoms with Crippen LogP contribution in [0, 0.1) is 5.82 Å². The van der Waals surface area contributed by atoms with E-state index in [4.69, 9.17) is 9.84 Å². The van der Waals surface area contributed by atoms with Crippen molar-refractivity contribution in [2.75, 3.05) is 13.7 Å². The summed E-state index contributed by atoms with van der Waals surface area (Å²) in [5.41, 5.74) is -0.306. The fraction of sp³-hybridized carbons (Fsp3) is 0.385. The zero-order valence-corrected chi connectivity index (χ0v) is 11.0. The van der Waals surface area contributed by atoms with Gasteiger partial charge in [-0.2, -0.15) is 0 Å². The number of carboxylic acids is 1. The predicted octanol–water partition coefficient (Wildman–Crippen LogP) is 1.77. The van der Waals surface area contributed by atoms with Crippen LogP contribution in [-0.4, -0.2) is 41.6 Å². The van der Waals surface area contributed by atoms with Crippen LogP contribution in [0.1, 0.15) is 24.2 Å². The molecule has 0 aliphatic rings. The van der Waals surface area contributed by atoms with Crippen LogP contribution in [0.4, 0.5) is 4.39 Å². The maximum Gasteiger partial charge on any atom is 0.339 e. The Hall–Kier alpha value is -2.11. The molecule has 0 atom stereocenters. The van der Waals surface area contributed by atoms with Gasteiger partial charge >= 0.3 is 5.97 Å². The summed E-state index contributed by atoms with van der Waals surface area (Å²) >= 11 is 0. The van der Waals surface area contributed by atoms with E-state index in [9.17, 15) is 14.0 Å². The second-order valence-electron chi connectivity index (χ2n) is 4.33. The Labute approximate surface area is 110 Å². The van der Waals surface area contributed by atoms with Gasteiger partial charge in [0.1, 0.15) is 17.1 Å². The minimum atomic E-state index is -1.31. The number of benzene rings is 1. The summed E-state index contributed by atoms with van der Waals surface area (Å²) in [6.45, 7) is 3.40. The minimum Gasteiger partial charge on any atom is -0.483 e. The average Bonchev–Trinajstić information content (AvgIpc) is 2.35. The Kier molecular flexibility index (Phi) is 4.86. The topological polar surface area (TPSA) is 66.8 Å². The maximum absolute atomic E-state index is 12.9. The number of likely N-dealkylation sites (N-methyl/N-ethyl adjacent to an activating group) is 1. The molecule has 0 radical (unpaired) electrons. The lowest BCUT2D eigenvalue weighted by atomic mass is 10.2. The molecule has 0 aliphatic heterocycles. The van der Waals surface area contributed by atoms with Crippen LogP contribution >= 0.6 is 0 Å². The van der Waals surface area contributed by atoms with E-state index in [1.165, 1.54) is 11.0 Å². The molecule has 0 fully saturated rings.